The highest BCUT2D eigenvalue weighted by atomic mass is 35.6. The Hall–Kier alpha value is 5.31. The van der Waals surface area contributed by atoms with Gasteiger partial charge in [0.05, 0.1) is 26.7 Å². The number of halogens is 21. The van der Waals surface area contributed by atoms with Crippen molar-refractivity contribution in [3.8, 4) is 0 Å². The molecule has 46 heavy (non-hydrogen) atoms. The van der Waals surface area contributed by atoms with Gasteiger partial charge < -0.3 is 0 Å². The highest BCUT2D eigenvalue weighted by molar-refractivity contribution is 6.67. The highest BCUT2D eigenvalue weighted by Crippen LogP contribution is 2.28. The van der Waals surface area contributed by atoms with Crippen LogP contribution in [-0.2, 0) is 0 Å². The van der Waals surface area contributed by atoms with Crippen molar-refractivity contribution in [1.29, 1.82) is 0 Å². The molecule has 0 N–H and O–H groups in total. The standard InChI is InChI=1S/C6H4Cl2.5C3H5Cl3.2C2H4Cl2/c7-5-3-1-2-4-6(5)8;1-3(5,6)2-4;4-1-3(6)2-5;1-2-3(4,5)6;1-2(4)3(5)6;4-2-1-3(5)6;2*1-2(3)4/h1-4H;2H2,1H3;3H,1-2H2;2H2,1H3;2-3H,1H3;3H,1-2H2;2*2H,1H3. The third-order valence-electron chi connectivity index (χ3n) is 2.47. The van der Waals surface area contributed by atoms with Crippen molar-refractivity contribution in [3.63, 3.8) is 0 Å². The van der Waals surface area contributed by atoms with E-state index in [0.717, 1.165) is 0 Å². The molecule has 0 fully saturated rings. The summed E-state index contributed by atoms with van der Waals surface area (Å²) in [6.07, 6.45) is 1.24. The molecule has 0 spiro atoms. The van der Waals surface area contributed by atoms with Gasteiger partial charge in [0.2, 0.25) is 0 Å². The van der Waals surface area contributed by atoms with Crippen molar-refractivity contribution in [2.45, 2.75) is 85.7 Å². The lowest BCUT2D eigenvalue weighted by atomic mass is 10.4. The monoisotopic (exact) mass is 1070 g/mol. The average molecular weight is 1080 g/mol. The largest absolute Gasteiger partial charge is 0.190 e. The van der Waals surface area contributed by atoms with Gasteiger partial charge in [-0.3, -0.25) is 0 Å². The third-order valence-corrected chi connectivity index (χ3v) is 8.39. The maximum absolute atomic E-state index is 5.58. The van der Waals surface area contributed by atoms with E-state index in [2.05, 4.69) is 0 Å². The molecule has 0 bridgehead atoms. The van der Waals surface area contributed by atoms with Crippen molar-refractivity contribution in [2.24, 2.45) is 0 Å². The highest BCUT2D eigenvalue weighted by Gasteiger charge is 2.14. The number of hydrogen-bond acceptors (Lipinski definition) is 0. The predicted molar refractivity (Wildman–Crippen MR) is 233 cm³/mol. The lowest BCUT2D eigenvalue weighted by Crippen LogP contribution is -2.06. The summed E-state index contributed by atoms with van der Waals surface area (Å²) in [7, 11) is 0. The second kappa shape index (κ2) is 46.5. The Kier molecular flexibility index (Phi) is 66.8. The van der Waals surface area contributed by atoms with Crippen molar-refractivity contribution in [2.75, 3.05) is 23.5 Å². The average Bonchev–Trinajstić information content (AvgIpc) is 2.90. The van der Waals surface area contributed by atoms with Crippen LogP contribution in [0.4, 0.5) is 0 Å². The SMILES string of the molecule is CC(Cl)(Cl)CCl.CC(Cl)C(Cl)Cl.CC(Cl)Cl.CC(Cl)Cl.CCC(Cl)(Cl)Cl.ClCC(Cl)CCl.ClCCC(Cl)Cl.Clc1ccccc1Cl. The van der Waals surface area contributed by atoms with Gasteiger partial charge >= 0.3 is 0 Å². The topological polar surface area (TPSA) is 0 Å². The zero-order valence-electron chi connectivity index (χ0n) is 25.0. The van der Waals surface area contributed by atoms with Crippen molar-refractivity contribution >= 4 is 244 Å². The first-order valence-electron chi connectivity index (χ1n) is 12.1. The lowest BCUT2D eigenvalue weighted by molar-refractivity contribution is 0.974. The molecular formula is C25H37Cl21. The van der Waals surface area contributed by atoms with E-state index >= 15 is 0 Å². The van der Waals surface area contributed by atoms with Gasteiger partial charge in [0.1, 0.15) is 23.7 Å². The van der Waals surface area contributed by atoms with Gasteiger partial charge in [0.15, 0.2) is 3.79 Å². The summed E-state index contributed by atoms with van der Waals surface area (Å²) in [5.74, 6) is 1.68. The van der Waals surface area contributed by atoms with E-state index in [-0.39, 0.29) is 31.1 Å². The van der Waals surface area contributed by atoms with Crippen LogP contribution >= 0.6 is 244 Å². The molecule has 0 aromatic heterocycles. The van der Waals surface area contributed by atoms with Gasteiger partial charge in [0.25, 0.3) is 0 Å². The minimum atomic E-state index is -1.04. The molecule has 1 aromatic carbocycles. The summed E-state index contributed by atoms with van der Waals surface area (Å²) in [6.45, 7) is 8.59. The van der Waals surface area contributed by atoms with Crippen LogP contribution in [0.1, 0.15) is 47.5 Å². The summed E-state index contributed by atoms with van der Waals surface area (Å²) in [5.41, 5.74) is 0. The second-order valence-corrected chi connectivity index (χ2v) is 20.7. The summed E-state index contributed by atoms with van der Waals surface area (Å²) < 4.78 is -1.79. The minimum Gasteiger partial charge on any atom is -0.127 e. The van der Waals surface area contributed by atoms with Crippen LogP contribution in [-0.4, -0.2) is 61.7 Å². The van der Waals surface area contributed by atoms with E-state index in [1.807, 2.05) is 19.1 Å². The number of rotatable bonds is 6. The van der Waals surface area contributed by atoms with E-state index in [9.17, 15) is 0 Å². The summed E-state index contributed by atoms with van der Waals surface area (Å²) >= 11 is 110. The Morgan fingerprint density at radius 1 is 0.630 bits per heavy atom. The molecule has 21 heteroatoms. The van der Waals surface area contributed by atoms with Gasteiger partial charge in [-0.25, -0.2) is 0 Å². The van der Waals surface area contributed by atoms with Gasteiger partial charge in [-0.2, -0.15) is 0 Å². The van der Waals surface area contributed by atoms with Crippen molar-refractivity contribution < 1.29 is 0 Å². The Labute approximate surface area is 382 Å². The number of alkyl halides is 19. The fraction of sp³-hybridized carbons (Fsp3) is 0.760. The van der Waals surface area contributed by atoms with E-state index in [4.69, 9.17) is 244 Å². The molecule has 284 valence electrons. The van der Waals surface area contributed by atoms with Gasteiger partial charge in [-0.05, 0) is 52.7 Å². The molecule has 0 amide bonds. The Morgan fingerprint density at radius 2 is 0.870 bits per heavy atom. The summed E-state index contributed by atoms with van der Waals surface area (Å²) in [4.78, 5) is -1.17. The molecule has 1 aromatic rings. The first-order valence-corrected chi connectivity index (χ1v) is 21.3. The van der Waals surface area contributed by atoms with Crippen LogP contribution in [0.15, 0.2) is 24.3 Å². The van der Waals surface area contributed by atoms with Crippen molar-refractivity contribution in [3.05, 3.63) is 34.3 Å². The smallest absolute Gasteiger partial charge is 0.127 e. The fourth-order valence-corrected chi connectivity index (χ4v) is 1.82. The molecule has 0 aliphatic rings. The van der Waals surface area contributed by atoms with E-state index in [0.29, 0.717) is 40.5 Å². The first kappa shape index (κ1) is 66.1. The molecule has 0 aliphatic carbocycles. The van der Waals surface area contributed by atoms with Crippen LogP contribution in [0.25, 0.3) is 0 Å². The molecule has 0 saturated carbocycles. The molecule has 0 aliphatic heterocycles. The number of benzene rings is 1. The van der Waals surface area contributed by atoms with Gasteiger partial charge in [-0.1, -0.05) is 77.1 Å². The minimum absolute atomic E-state index is 0.0617. The second-order valence-electron chi connectivity index (χ2n) is 7.41. The van der Waals surface area contributed by atoms with Crippen LogP contribution in [0.3, 0.4) is 0 Å². The van der Waals surface area contributed by atoms with Crippen molar-refractivity contribution in [1.82, 2.24) is 0 Å². The summed E-state index contributed by atoms with van der Waals surface area (Å²) in [5, 5.41) is 1.00. The van der Waals surface area contributed by atoms with Crippen LogP contribution < -0.4 is 0 Å². The van der Waals surface area contributed by atoms with Crippen LogP contribution in [0.2, 0.25) is 10.0 Å². The molecule has 0 nitrogen and oxygen atoms in total. The molecule has 1 rings (SSSR count). The molecular weight excluding hydrogens is 1040 g/mol. The molecule has 1 unspecified atom stereocenters. The molecule has 0 saturated heterocycles. The molecule has 0 heterocycles. The Balaban J connectivity index is -0.0000000763. The zero-order valence-corrected chi connectivity index (χ0v) is 40.8. The van der Waals surface area contributed by atoms with Crippen LogP contribution in [0.5, 0.6) is 0 Å². The molecule has 0 radical (unpaired) electrons. The summed E-state index contributed by atoms with van der Waals surface area (Å²) in [6, 6.07) is 7.19. The quantitative estimate of drug-likeness (QED) is 0.249. The van der Waals surface area contributed by atoms with E-state index < -0.39 is 13.0 Å². The fourth-order valence-electron chi connectivity index (χ4n) is 0.563. The maximum Gasteiger partial charge on any atom is 0.190 e. The predicted octanol–water partition coefficient (Wildman–Crippen LogP) is 18.7. The lowest BCUT2D eigenvalue weighted by Gasteiger charge is -2.04. The Morgan fingerprint density at radius 3 is 0.913 bits per heavy atom. The molecule has 1 atom stereocenters. The van der Waals surface area contributed by atoms with Crippen LogP contribution in [0, 0.1) is 0 Å². The third kappa shape index (κ3) is 104. The maximum atomic E-state index is 5.58. The first-order chi connectivity index (χ1) is 20.6. The van der Waals surface area contributed by atoms with E-state index in [1.165, 1.54) is 0 Å². The van der Waals surface area contributed by atoms with Gasteiger partial charge in [0, 0.05) is 17.6 Å². The van der Waals surface area contributed by atoms with E-state index in [1.54, 1.807) is 39.8 Å². The van der Waals surface area contributed by atoms with Gasteiger partial charge in [-0.15, -0.1) is 186 Å². The zero-order chi connectivity index (χ0) is 38.7. The Bertz CT molecular complexity index is 620. The number of hydrogen-bond donors (Lipinski definition) is 0. The normalized spacial score (nSPS) is 10.9.